The van der Waals surface area contributed by atoms with Crippen molar-refractivity contribution in [2.45, 2.75) is 25.6 Å². The van der Waals surface area contributed by atoms with Crippen LogP contribution in [-0.2, 0) is 24.2 Å². The Bertz CT molecular complexity index is 1050. The van der Waals surface area contributed by atoms with Crippen LogP contribution in [0.2, 0.25) is 0 Å². The van der Waals surface area contributed by atoms with Gasteiger partial charge in [-0.3, -0.25) is 4.79 Å². The molecule has 0 atom stereocenters. The number of rotatable bonds is 4. The van der Waals surface area contributed by atoms with Gasteiger partial charge in [0.15, 0.2) is 0 Å². The van der Waals surface area contributed by atoms with E-state index in [0.717, 1.165) is 46.4 Å². The minimum Gasteiger partial charge on any atom is -0.489 e. The second kappa shape index (κ2) is 7.62. The summed E-state index contributed by atoms with van der Waals surface area (Å²) in [5.74, 6) is -1.23. The van der Waals surface area contributed by atoms with Gasteiger partial charge < -0.3 is 10.1 Å². The highest BCUT2D eigenvalue weighted by molar-refractivity contribution is 5.95. The van der Waals surface area contributed by atoms with Crippen molar-refractivity contribution in [3.8, 4) is 16.9 Å². The number of aryl methyl sites for hydroxylation is 2. The highest BCUT2D eigenvalue weighted by atomic mass is 19.4. The predicted octanol–water partition coefficient (Wildman–Crippen LogP) is 5.53. The number of alkyl halides is 3. The fraction of sp³-hybridized carbons (Fsp3) is 0.174. The summed E-state index contributed by atoms with van der Waals surface area (Å²) in [5.41, 5.74) is 5.09. The lowest BCUT2D eigenvalue weighted by molar-refractivity contribution is -0.167. The van der Waals surface area contributed by atoms with Crippen molar-refractivity contribution in [2.24, 2.45) is 0 Å². The van der Waals surface area contributed by atoms with Crippen LogP contribution in [0.5, 0.6) is 5.75 Å². The van der Waals surface area contributed by atoms with Crippen molar-refractivity contribution in [3.63, 3.8) is 0 Å². The molecule has 0 spiro atoms. The molecular weight excluding hydrogens is 379 g/mol. The number of nitrogens with one attached hydrogen (secondary N) is 1. The minimum atomic E-state index is -4.92. The lowest BCUT2D eigenvalue weighted by atomic mass is 9.85. The van der Waals surface area contributed by atoms with Crippen molar-refractivity contribution < 1.29 is 22.7 Å². The van der Waals surface area contributed by atoms with Gasteiger partial charge >= 0.3 is 12.1 Å². The molecule has 3 nitrogen and oxygen atoms in total. The average molecular weight is 397 g/mol. The van der Waals surface area contributed by atoms with Gasteiger partial charge in [-0.15, -0.1) is 0 Å². The van der Waals surface area contributed by atoms with Gasteiger partial charge in [0.05, 0.1) is 0 Å². The zero-order valence-corrected chi connectivity index (χ0v) is 15.4. The predicted molar refractivity (Wildman–Crippen MR) is 105 cm³/mol. The normalized spacial score (nSPS) is 12.7. The van der Waals surface area contributed by atoms with E-state index in [1.54, 1.807) is 12.1 Å². The van der Waals surface area contributed by atoms with Gasteiger partial charge in [-0.25, -0.2) is 0 Å². The van der Waals surface area contributed by atoms with Crippen LogP contribution in [0.3, 0.4) is 0 Å². The molecule has 0 fully saturated rings. The Morgan fingerprint density at radius 1 is 0.897 bits per heavy atom. The third-order valence-electron chi connectivity index (χ3n) is 4.90. The Morgan fingerprint density at radius 2 is 1.66 bits per heavy atom. The number of benzene rings is 3. The van der Waals surface area contributed by atoms with Gasteiger partial charge in [0.2, 0.25) is 0 Å². The zero-order valence-electron chi connectivity index (χ0n) is 15.4. The van der Waals surface area contributed by atoms with E-state index in [1.807, 2.05) is 53.8 Å². The standard InChI is InChI=1S/C23H18F3NO2/c24-23(25,26)22(28)27-18-9-8-16-6-7-17-12-19(10-11-20(17)21(16)13-18)29-14-15-4-2-1-3-5-15/h1-5,8-13H,6-7,14H2,(H,27,28). The van der Waals surface area contributed by atoms with Crippen LogP contribution < -0.4 is 10.1 Å². The van der Waals surface area contributed by atoms with Gasteiger partial charge in [-0.05, 0) is 64.9 Å². The van der Waals surface area contributed by atoms with Crippen LogP contribution in [0.4, 0.5) is 18.9 Å². The van der Waals surface area contributed by atoms with E-state index in [-0.39, 0.29) is 5.69 Å². The van der Waals surface area contributed by atoms with Crippen molar-refractivity contribution in [3.05, 3.63) is 83.4 Å². The van der Waals surface area contributed by atoms with Gasteiger partial charge in [0.25, 0.3) is 0 Å². The fourth-order valence-electron chi connectivity index (χ4n) is 3.46. The van der Waals surface area contributed by atoms with E-state index >= 15 is 0 Å². The maximum atomic E-state index is 12.5. The molecule has 4 rings (SSSR count). The number of anilines is 1. The lowest BCUT2D eigenvalue weighted by Gasteiger charge is -2.22. The first kappa shape index (κ1) is 19.1. The highest BCUT2D eigenvalue weighted by Crippen LogP contribution is 2.37. The molecule has 3 aromatic rings. The smallest absolute Gasteiger partial charge is 0.471 e. The molecule has 1 amide bonds. The minimum absolute atomic E-state index is 0.128. The first-order valence-corrected chi connectivity index (χ1v) is 9.21. The monoisotopic (exact) mass is 397 g/mol. The summed E-state index contributed by atoms with van der Waals surface area (Å²) in [7, 11) is 0. The Hall–Kier alpha value is -3.28. The summed E-state index contributed by atoms with van der Waals surface area (Å²) in [5, 5.41) is 1.92. The zero-order chi connectivity index (χ0) is 20.4. The van der Waals surface area contributed by atoms with Crippen LogP contribution in [0.25, 0.3) is 11.1 Å². The van der Waals surface area contributed by atoms with Crippen LogP contribution in [0, 0.1) is 0 Å². The number of hydrogen-bond donors (Lipinski definition) is 1. The van der Waals surface area contributed by atoms with E-state index < -0.39 is 12.1 Å². The molecule has 6 heteroatoms. The van der Waals surface area contributed by atoms with Gasteiger partial charge in [0.1, 0.15) is 12.4 Å². The molecule has 0 heterocycles. The number of ether oxygens (including phenoxy) is 1. The third-order valence-corrected chi connectivity index (χ3v) is 4.90. The topological polar surface area (TPSA) is 38.3 Å². The van der Waals surface area contributed by atoms with E-state index in [4.69, 9.17) is 4.74 Å². The molecule has 0 aromatic heterocycles. The molecule has 148 valence electrons. The summed E-state index contributed by atoms with van der Waals surface area (Å²) >= 11 is 0. The molecular formula is C23H18F3NO2. The average Bonchev–Trinajstić information content (AvgIpc) is 2.72. The lowest BCUT2D eigenvalue weighted by Crippen LogP contribution is -2.29. The van der Waals surface area contributed by atoms with Gasteiger partial charge in [0, 0.05) is 5.69 Å². The molecule has 0 unspecified atom stereocenters. The van der Waals surface area contributed by atoms with E-state index in [2.05, 4.69) is 0 Å². The van der Waals surface area contributed by atoms with E-state index in [1.165, 1.54) is 6.07 Å². The molecule has 0 saturated heterocycles. The molecule has 0 aliphatic heterocycles. The first-order valence-electron chi connectivity index (χ1n) is 9.21. The molecule has 3 aromatic carbocycles. The quantitative estimate of drug-likeness (QED) is 0.628. The molecule has 1 aliphatic carbocycles. The van der Waals surface area contributed by atoms with Crippen molar-refractivity contribution >= 4 is 11.6 Å². The summed E-state index contributed by atoms with van der Waals surface area (Å²) < 4.78 is 43.5. The number of halogens is 3. The second-order valence-corrected chi connectivity index (χ2v) is 6.92. The number of fused-ring (bicyclic) bond motifs is 3. The number of carbonyl (C=O) groups excluding carboxylic acids is 1. The maximum Gasteiger partial charge on any atom is 0.471 e. The summed E-state index contributed by atoms with van der Waals surface area (Å²) in [6.07, 6.45) is -3.32. The number of hydrogen-bond acceptors (Lipinski definition) is 2. The van der Waals surface area contributed by atoms with Crippen molar-refractivity contribution in [1.29, 1.82) is 0 Å². The Kier molecular flexibility index (Phi) is 5.01. The van der Waals surface area contributed by atoms with Crippen LogP contribution >= 0.6 is 0 Å². The number of amides is 1. The molecule has 1 aliphatic rings. The van der Waals surface area contributed by atoms with Crippen molar-refractivity contribution in [1.82, 2.24) is 0 Å². The van der Waals surface area contributed by atoms with Gasteiger partial charge in [-0.2, -0.15) is 13.2 Å². The summed E-state index contributed by atoms with van der Waals surface area (Å²) in [4.78, 5) is 11.2. The summed E-state index contributed by atoms with van der Waals surface area (Å²) in [6.45, 7) is 0.462. The number of carbonyl (C=O) groups is 1. The third kappa shape index (κ3) is 4.26. The fourth-order valence-corrected chi connectivity index (χ4v) is 3.46. The highest BCUT2D eigenvalue weighted by Gasteiger charge is 2.38. The SMILES string of the molecule is O=C(Nc1ccc2c(c1)-c1ccc(OCc3ccccc3)cc1CC2)C(F)(F)F. The first-order chi connectivity index (χ1) is 13.9. The van der Waals surface area contributed by atoms with Crippen LogP contribution in [0.15, 0.2) is 66.7 Å². The van der Waals surface area contributed by atoms with Gasteiger partial charge in [-0.1, -0.05) is 42.5 Å². The summed E-state index contributed by atoms with van der Waals surface area (Å²) in [6, 6.07) is 20.5. The van der Waals surface area contributed by atoms with Crippen LogP contribution in [-0.4, -0.2) is 12.1 Å². The maximum absolute atomic E-state index is 12.5. The molecule has 29 heavy (non-hydrogen) atoms. The van der Waals surface area contributed by atoms with Crippen LogP contribution in [0.1, 0.15) is 16.7 Å². The Balaban J connectivity index is 1.56. The van der Waals surface area contributed by atoms with E-state index in [9.17, 15) is 18.0 Å². The van der Waals surface area contributed by atoms with Crippen molar-refractivity contribution in [2.75, 3.05) is 5.32 Å². The molecule has 0 bridgehead atoms. The second-order valence-electron chi connectivity index (χ2n) is 6.92. The Morgan fingerprint density at radius 3 is 2.41 bits per heavy atom. The van der Waals surface area contributed by atoms with E-state index in [0.29, 0.717) is 6.61 Å². The largest absolute Gasteiger partial charge is 0.489 e. The molecule has 0 radical (unpaired) electrons. The molecule has 1 N–H and O–H groups in total. The Labute approximate surface area is 166 Å². The molecule has 0 saturated carbocycles.